The van der Waals surface area contributed by atoms with Crippen LogP contribution in [-0.2, 0) is 34.4 Å². The summed E-state index contributed by atoms with van der Waals surface area (Å²) in [6, 6.07) is 22.8. The van der Waals surface area contributed by atoms with Crippen molar-refractivity contribution < 1.29 is 9.59 Å². The van der Waals surface area contributed by atoms with E-state index in [1.165, 1.54) is 5.56 Å². The van der Waals surface area contributed by atoms with Crippen LogP contribution in [0.4, 0.5) is 0 Å². The van der Waals surface area contributed by atoms with Crippen LogP contribution in [-0.4, -0.2) is 28.8 Å². The molecule has 0 saturated heterocycles. The number of nitrogens with zero attached hydrogens (tertiary/aromatic N) is 1. The van der Waals surface area contributed by atoms with Gasteiger partial charge in [0.2, 0.25) is 11.8 Å². The fraction of sp³-hybridized carbons (Fsp3) is 0.394. The van der Waals surface area contributed by atoms with Crippen LogP contribution < -0.4 is 5.32 Å². The molecule has 208 valence electrons. The van der Waals surface area contributed by atoms with Gasteiger partial charge in [0.15, 0.2) is 0 Å². The molecule has 0 bridgehead atoms. The number of halogens is 2. The summed E-state index contributed by atoms with van der Waals surface area (Å²) in [6.45, 7) is 10.7. The lowest BCUT2D eigenvalue weighted by Crippen LogP contribution is -2.52. The standard InChI is InChI=1S/C33H40Cl2N2O2/c1-6-23(2)36-32(39)30(21-25-11-8-7-9-12-25)37(22-27-28(34)13-10-14-29(27)35)31(38)20-17-24-15-18-26(19-16-24)33(3,4)5/h7-16,18-19,23,30H,6,17,20-22H2,1-5H3,(H,36,39)/t23-,30-/m1/s1. The highest BCUT2D eigenvalue weighted by Gasteiger charge is 2.31. The lowest BCUT2D eigenvalue weighted by molar-refractivity contribution is -0.141. The number of hydrogen-bond donors (Lipinski definition) is 1. The summed E-state index contributed by atoms with van der Waals surface area (Å²) in [7, 11) is 0. The first-order chi connectivity index (χ1) is 18.5. The summed E-state index contributed by atoms with van der Waals surface area (Å²) in [4.78, 5) is 29.2. The molecule has 2 amide bonds. The summed E-state index contributed by atoms with van der Waals surface area (Å²) in [5, 5.41) is 4.04. The molecular formula is C33H40Cl2N2O2. The molecule has 4 nitrogen and oxygen atoms in total. The zero-order valence-corrected chi connectivity index (χ0v) is 25.1. The van der Waals surface area contributed by atoms with Gasteiger partial charge in [-0.25, -0.2) is 0 Å². The molecule has 3 rings (SSSR count). The number of aryl methyl sites for hydroxylation is 1. The van der Waals surface area contributed by atoms with Crippen molar-refractivity contribution in [2.75, 3.05) is 0 Å². The van der Waals surface area contributed by atoms with Gasteiger partial charge in [-0.3, -0.25) is 9.59 Å². The zero-order chi connectivity index (χ0) is 28.6. The zero-order valence-electron chi connectivity index (χ0n) is 23.6. The molecule has 0 saturated carbocycles. The Kier molecular flexibility index (Phi) is 11.0. The van der Waals surface area contributed by atoms with E-state index in [4.69, 9.17) is 23.2 Å². The summed E-state index contributed by atoms with van der Waals surface area (Å²) in [6.07, 6.45) is 2.01. The van der Waals surface area contributed by atoms with Crippen molar-refractivity contribution >= 4 is 35.0 Å². The van der Waals surface area contributed by atoms with Gasteiger partial charge in [-0.15, -0.1) is 0 Å². The Labute approximate surface area is 243 Å². The van der Waals surface area contributed by atoms with E-state index in [0.717, 1.165) is 17.5 Å². The van der Waals surface area contributed by atoms with Crippen LogP contribution in [0.25, 0.3) is 0 Å². The van der Waals surface area contributed by atoms with Gasteiger partial charge in [0.1, 0.15) is 6.04 Å². The van der Waals surface area contributed by atoms with Crippen molar-refractivity contribution in [1.29, 1.82) is 0 Å². The van der Waals surface area contributed by atoms with E-state index in [9.17, 15) is 9.59 Å². The lowest BCUT2D eigenvalue weighted by atomic mass is 9.86. The van der Waals surface area contributed by atoms with E-state index in [1.807, 2.05) is 44.2 Å². The maximum Gasteiger partial charge on any atom is 0.243 e. The fourth-order valence-corrected chi connectivity index (χ4v) is 4.93. The highest BCUT2D eigenvalue weighted by Crippen LogP contribution is 2.28. The molecule has 0 aliphatic heterocycles. The third-order valence-electron chi connectivity index (χ3n) is 7.11. The number of carbonyl (C=O) groups is 2. The number of amides is 2. The molecule has 3 aromatic carbocycles. The number of rotatable bonds is 11. The van der Waals surface area contributed by atoms with E-state index in [1.54, 1.807) is 23.1 Å². The Morgan fingerprint density at radius 3 is 2.05 bits per heavy atom. The highest BCUT2D eigenvalue weighted by atomic mass is 35.5. The molecule has 0 aliphatic rings. The van der Waals surface area contributed by atoms with E-state index >= 15 is 0 Å². The van der Waals surface area contributed by atoms with Crippen LogP contribution >= 0.6 is 23.2 Å². The SMILES string of the molecule is CC[C@@H](C)NC(=O)[C@@H](Cc1ccccc1)N(Cc1c(Cl)cccc1Cl)C(=O)CCc1ccc(C(C)(C)C)cc1. The normalized spacial score (nSPS) is 13.0. The Hall–Kier alpha value is -2.82. The Morgan fingerprint density at radius 2 is 1.49 bits per heavy atom. The molecule has 0 fully saturated rings. The maximum atomic E-state index is 13.9. The third kappa shape index (κ3) is 8.84. The minimum Gasteiger partial charge on any atom is -0.352 e. The number of nitrogens with one attached hydrogen (secondary N) is 1. The molecule has 0 aromatic heterocycles. The fourth-order valence-electron chi connectivity index (χ4n) is 4.42. The molecule has 1 N–H and O–H groups in total. The third-order valence-corrected chi connectivity index (χ3v) is 7.82. The first-order valence-electron chi connectivity index (χ1n) is 13.7. The first kappa shape index (κ1) is 30.7. The van der Waals surface area contributed by atoms with Crippen molar-refractivity contribution in [2.45, 2.75) is 84.3 Å². The number of benzene rings is 3. The average Bonchev–Trinajstić information content (AvgIpc) is 2.90. The molecule has 0 spiro atoms. The van der Waals surface area contributed by atoms with E-state index in [-0.39, 0.29) is 36.2 Å². The Bertz CT molecular complexity index is 1220. The largest absolute Gasteiger partial charge is 0.352 e. The lowest BCUT2D eigenvalue weighted by Gasteiger charge is -2.33. The highest BCUT2D eigenvalue weighted by molar-refractivity contribution is 6.36. The summed E-state index contributed by atoms with van der Waals surface area (Å²) in [5.41, 5.74) is 4.00. The minimum atomic E-state index is -0.718. The van der Waals surface area contributed by atoms with Crippen molar-refractivity contribution in [1.82, 2.24) is 10.2 Å². The average molecular weight is 568 g/mol. The first-order valence-corrected chi connectivity index (χ1v) is 14.4. The van der Waals surface area contributed by atoms with Gasteiger partial charge in [-0.05, 0) is 54.0 Å². The Morgan fingerprint density at radius 1 is 0.872 bits per heavy atom. The van der Waals surface area contributed by atoms with Gasteiger partial charge in [0.05, 0.1) is 0 Å². The van der Waals surface area contributed by atoms with Crippen molar-refractivity contribution in [3.63, 3.8) is 0 Å². The monoisotopic (exact) mass is 566 g/mol. The molecule has 2 atom stereocenters. The molecular weight excluding hydrogens is 527 g/mol. The second-order valence-corrected chi connectivity index (χ2v) is 12.0. The second kappa shape index (κ2) is 14.0. The van der Waals surface area contributed by atoms with Gasteiger partial charge in [-0.1, -0.05) is 112 Å². The summed E-state index contributed by atoms with van der Waals surface area (Å²) in [5.74, 6) is -0.301. The van der Waals surface area contributed by atoms with Gasteiger partial charge < -0.3 is 10.2 Å². The second-order valence-electron chi connectivity index (χ2n) is 11.2. The van der Waals surface area contributed by atoms with Crippen molar-refractivity contribution in [3.8, 4) is 0 Å². The summed E-state index contributed by atoms with van der Waals surface area (Å²) < 4.78 is 0. The van der Waals surface area contributed by atoms with Crippen LogP contribution in [0, 0.1) is 0 Å². The number of carbonyl (C=O) groups excluding carboxylic acids is 2. The van der Waals surface area contributed by atoms with Crippen LogP contribution in [0.15, 0.2) is 72.8 Å². The molecule has 6 heteroatoms. The topological polar surface area (TPSA) is 49.4 Å². The van der Waals surface area contributed by atoms with E-state index in [2.05, 4.69) is 50.4 Å². The Balaban J connectivity index is 1.93. The van der Waals surface area contributed by atoms with E-state index in [0.29, 0.717) is 28.5 Å². The molecule has 3 aromatic rings. The van der Waals surface area contributed by atoms with Crippen LogP contribution in [0.2, 0.25) is 10.0 Å². The predicted molar refractivity (Wildman–Crippen MR) is 162 cm³/mol. The molecule has 0 unspecified atom stereocenters. The van der Waals surface area contributed by atoms with Gasteiger partial charge in [0, 0.05) is 41.0 Å². The molecule has 39 heavy (non-hydrogen) atoms. The van der Waals surface area contributed by atoms with Gasteiger partial charge in [-0.2, -0.15) is 0 Å². The molecule has 0 aliphatic carbocycles. The van der Waals surface area contributed by atoms with Gasteiger partial charge in [0.25, 0.3) is 0 Å². The maximum absolute atomic E-state index is 13.9. The predicted octanol–water partition coefficient (Wildman–Crippen LogP) is 7.78. The molecule has 0 radical (unpaired) electrons. The van der Waals surface area contributed by atoms with Crippen molar-refractivity contribution in [3.05, 3.63) is 105 Å². The summed E-state index contributed by atoms with van der Waals surface area (Å²) >= 11 is 13.1. The van der Waals surface area contributed by atoms with Crippen molar-refractivity contribution in [2.24, 2.45) is 0 Å². The van der Waals surface area contributed by atoms with E-state index < -0.39 is 6.04 Å². The van der Waals surface area contributed by atoms with Crippen LogP contribution in [0.5, 0.6) is 0 Å². The molecule has 0 heterocycles. The van der Waals surface area contributed by atoms with Gasteiger partial charge >= 0.3 is 0 Å². The quantitative estimate of drug-likeness (QED) is 0.257. The number of hydrogen-bond acceptors (Lipinski definition) is 2. The van der Waals surface area contributed by atoms with Crippen LogP contribution in [0.1, 0.15) is 69.7 Å². The van der Waals surface area contributed by atoms with Crippen LogP contribution in [0.3, 0.4) is 0 Å². The minimum absolute atomic E-state index is 0.0158. The smallest absolute Gasteiger partial charge is 0.243 e.